The Morgan fingerprint density at radius 2 is 1.67 bits per heavy atom. The molecule has 174 valence electrons. The summed E-state index contributed by atoms with van der Waals surface area (Å²) in [6.45, 7) is 3.37. The molecule has 0 aliphatic carbocycles. The Labute approximate surface area is 195 Å². The van der Waals surface area contributed by atoms with Gasteiger partial charge in [0.15, 0.2) is 0 Å². The summed E-state index contributed by atoms with van der Waals surface area (Å²) in [5.74, 6) is 0.323. The van der Waals surface area contributed by atoms with Crippen LogP contribution in [0, 0.1) is 6.92 Å². The fourth-order valence-corrected chi connectivity index (χ4v) is 5.10. The van der Waals surface area contributed by atoms with Gasteiger partial charge in [-0.2, -0.15) is 0 Å². The zero-order chi connectivity index (χ0) is 24.0. The molecule has 7 nitrogen and oxygen atoms in total. The SMILES string of the molecule is CCc1ccccc1NC(=O)CN(c1ccc(OC)cc1)S(=O)(=O)c1cc(C)ccc1OC. The van der Waals surface area contributed by atoms with Crippen molar-refractivity contribution >= 4 is 27.3 Å². The molecule has 0 unspecified atom stereocenters. The quantitative estimate of drug-likeness (QED) is 0.503. The van der Waals surface area contributed by atoms with Gasteiger partial charge in [-0.25, -0.2) is 8.42 Å². The van der Waals surface area contributed by atoms with Gasteiger partial charge < -0.3 is 14.8 Å². The van der Waals surface area contributed by atoms with Gasteiger partial charge in [-0.15, -0.1) is 0 Å². The third kappa shape index (κ3) is 5.46. The van der Waals surface area contributed by atoms with Crippen LogP contribution in [0.1, 0.15) is 18.1 Å². The number of nitrogens with zero attached hydrogens (tertiary/aromatic N) is 1. The Balaban J connectivity index is 2.03. The first-order chi connectivity index (χ1) is 15.8. The van der Waals surface area contributed by atoms with Crippen LogP contribution in [0.2, 0.25) is 0 Å². The molecular weight excluding hydrogens is 440 g/mol. The van der Waals surface area contributed by atoms with Crippen LogP contribution in [0.15, 0.2) is 71.6 Å². The van der Waals surface area contributed by atoms with E-state index >= 15 is 0 Å². The van der Waals surface area contributed by atoms with Crippen LogP contribution < -0.4 is 19.1 Å². The number of hydrogen-bond acceptors (Lipinski definition) is 5. The highest BCUT2D eigenvalue weighted by molar-refractivity contribution is 7.93. The monoisotopic (exact) mass is 468 g/mol. The van der Waals surface area contributed by atoms with Crippen molar-refractivity contribution in [1.82, 2.24) is 0 Å². The molecular formula is C25H28N2O5S. The second-order valence-electron chi connectivity index (χ2n) is 7.42. The minimum Gasteiger partial charge on any atom is -0.497 e. The molecule has 3 aromatic carbocycles. The topological polar surface area (TPSA) is 84.9 Å². The van der Waals surface area contributed by atoms with Gasteiger partial charge in [0, 0.05) is 5.69 Å². The molecule has 3 aromatic rings. The third-order valence-corrected chi connectivity index (χ3v) is 7.00. The smallest absolute Gasteiger partial charge is 0.268 e. The Bertz CT molecular complexity index is 1220. The number of anilines is 2. The predicted molar refractivity (Wildman–Crippen MR) is 130 cm³/mol. The van der Waals surface area contributed by atoms with Crippen molar-refractivity contribution in [2.45, 2.75) is 25.2 Å². The Kier molecular flexibility index (Phi) is 7.60. The van der Waals surface area contributed by atoms with E-state index in [0.717, 1.165) is 21.9 Å². The standard InChI is InChI=1S/C25H28N2O5S/c1-5-19-8-6-7-9-22(19)26-25(28)17-27(20-11-13-21(31-3)14-12-20)33(29,30)24-16-18(2)10-15-23(24)32-4/h6-16H,5,17H2,1-4H3,(H,26,28). The summed E-state index contributed by atoms with van der Waals surface area (Å²) >= 11 is 0. The zero-order valence-corrected chi connectivity index (χ0v) is 20.0. The minimum absolute atomic E-state index is 0.0115. The average Bonchev–Trinajstić information content (AvgIpc) is 2.83. The maximum absolute atomic E-state index is 13.8. The number of rotatable bonds is 9. The second kappa shape index (κ2) is 10.4. The van der Waals surface area contributed by atoms with E-state index in [1.807, 2.05) is 25.1 Å². The Hall–Kier alpha value is -3.52. The van der Waals surface area contributed by atoms with Gasteiger partial charge >= 0.3 is 0 Å². The van der Waals surface area contributed by atoms with Gasteiger partial charge in [-0.3, -0.25) is 9.10 Å². The van der Waals surface area contributed by atoms with E-state index in [-0.39, 0.29) is 10.6 Å². The number of aryl methyl sites for hydroxylation is 2. The highest BCUT2D eigenvalue weighted by Crippen LogP contribution is 2.31. The number of methoxy groups -OCH3 is 2. The number of amides is 1. The Morgan fingerprint density at radius 1 is 0.970 bits per heavy atom. The summed E-state index contributed by atoms with van der Waals surface area (Å²) in [6, 6.07) is 18.8. The number of carbonyl (C=O) groups is 1. The van der Waals surface area contributed by atoms with Crippen LogP contribution in [0.25, 0.3) is 0 Å². The van der Waals surface area contributed by atoms with Gasteiger partial charge in [0.2, 0.25) is 5.91 Å². The van der Waals surface area contributed by atoms with Crippen LogP contribution in [-0.2, 0) is 21.2 Å². The average molecular weight is 469 g/mol. The van der Waals surface area contributed by atoms with Crippen LogP contribution in [0.3, 0.4) is 0 Å². The first-order valence-corrected chi connectivity index (χ1v) is 11.9. The molecule has 0 radical (unpaired) electrons. The Morgan fingerprint density at radius 3 is 2.30 bits per heavy atom. The van der Waals surface area contributed by atoms with E-state index in [1.54, 1.807) is 49.4 Å². The number of nitrogens with one attached hydrogen (secondary N) is 1. The molecule has 0 atom stereocenters. The molecule has 0 aliphatic heterocycles. The minimum atomic E-state index is -4.14. The molecule has 0 aliphatic rings. The molecule has 8 heteroatoms. The van der Waals surface area contributed by atoms with Gasteiger partial charge in [0.25, 0.3) is 10.0 Å². The zero-order valence-electron chi connectivity index (χ0n) is 19.2. The van der Waals surface area contributed by atoms with Crippen LogP contribution in [0.4, 0.5) is 11.4 Å². The lowest BCUT2D eigenvalue weighted by Gasteiger charge is -2.25. The molecule has 0 saturated carbocycles. The fraction of sp³-hybridized carbons (Fsp3) is 0.240. The first-order valence-electron chi connectivity index (χ1n) is 10.5. The number of carbonyl (C=O) groups excluding carboxylic acids is 1. The molecule has 0 heterocycles. The van der Waals surface area contributed by atoms with Crippen LogP contribution in [0.5, 0.6) is 11.5 Å². The number of sulfonamides is 1. The van der Waals surface area contributed by atoms with E-state index in [4.69, 9.17) is 9.47 Å². The van der Waals surface area contributed by atoms with Crippen molar-refractivity contribution in [2.75, 3.05) is 30.4 Å². The van der Waals surface area contributed by atoms with Gasteiger partial charge in [-0.1, -0.05) is 31.2 Å². The normalized spacial score (nSPS) is 11.0. The molecule has 33 heavy (non-hydrogen) atoms. The number of benzene rings is 3. The molecule has 0 fully saturated rings. The van der Waals surface area contributed by atoms with Crippen molar-refractivity contribution in [3.05, 3.63) is 77.9 Å². The summed E-state index contributed by atoms with van der Waals surface area (Å²) < 4.78 is 39.1. The number of para-hydroxylation sites is 1. The van der Waals surface area contributed by atoms with E-state index in [2.05, 4.69) is 5.32 Å². The van der Waals surface area contributed by atoms with Crippen molar-refractivity contribution in [3.8, 4) is 11.5 Å². The summed E-state index contributed by atoms with van der Waals surface area (Å²) in [4.78, 5) is 13.0. The summed E-state index contributed by atoms with van der Waals surface area (Å²) in [5, 5.41) is 2.85. The predicted octanol–water partition coefficient (Wildman–Crippen LogP) is 4.41. The van der Waals surface area contributed by atoms with Crippen molar-refractivity contribution in [1.29, 1.82) is 0 Å². The lowest BCUT2D eigenvalue weighted by Crippen LogP contribution is -2.38. The molecule has 0 saturated heterocycles. The summed E-state index contributed by atoms with van der Waals surface area (Å²) in [6.07, 6.45) is 0.734. The molecule has 1 amide bonds. The highest BCUT2D eigenvalue weighted by atomic mass is 32.2. The van der Waals surface area contributed by atoms with Crippen molar-refractivity contribution in [3.63, 3.8) is 0 Å². The fourth-order valence-electron chi connectivity index (χ4n) is 3.44. The number of hydrogen-bond donors (Lipinski definition) is 1. The van der Waals surface area contributed by atoms with Crippen molar-refractivity contribution in [2.24, 2.45) is 0 Å². The van der Waals surface area contributed by atoms with Gasteiger partial charge in [-0.05, 0) is 66.9 Å². The van der Waals surface area contributed by atoms with Gasteiger partial charge in [0.1, 0.15) is 22.9 Å². The van der Waals surface area contributed by atoms with Gasteiger partial charge in [0.05, 0.1) is 19.9 Å². The lowest BCUT2D eigenvalue weighted by molar-refractivity contribution is -0.114. The van der Waals surface area contributed by atoms with Crippen molar-refractivity contribution < 1.29 is 22.7 Å². The third-order valence-electron chi connectivity index (χ3n) is 5.21. The first kappa shape index (κ1) is 24.1. The molecule has 0 aromatic heterocycles. The van der Waals surface area contributed by atoms with E-state index in [1.165, 1.54) is 20.3 Å². The maximum Gasteiger partial charge on any atom is 0.268 e. The van der Waals surface area contributed by atoms with E-state index in [0.29, 0.717) is 17.1 Å². The molecule has 0 spiro atoms. The number of ether oxygens (including phenoxy) is 2. The summed E-state index contributed by atoms with van der Waals surface area (Å²) in [5.41, 5.74) is 2.71. The maximum atomic E-state index is 13.8. The highest BCUT2D eigenvalue weighted by Gasteiger charge is 2.30. The molecule has 3 rings (SSSR count). The summed E-state index contributed by atoms with van der Waals surface area (Å²) in [7, 11) is -1.20. The van der Waals surface area contributed by atoms with Crippen LogP contribution in [-0.4, -0.2) is 35.1 Å². The molecule has 1 N–H and O–H groups in total. The second-order valence-corrected chi connectivity index (χ2v) is 9.25. The van der Waals surface area contributed by atoms with Crippen LogP contribution >= 0.6 is 0 Å². The van der Waals surface area contributed by atoms with E-state index in [9.17, 15) is 13.2 Å². The molecule has 0 bridgehead atoms. The largest absolute Gasteiger partial charge is 0.497 e. The lowest BCUT2D eigenvalue weighted by atomic mass is 10.1. The van der Waals surface area contributed by atoms with E-state index < -0.39 is 22.5 Å².